The fraction of sp³-hybridized carbons (Fsp3) is 0.571. The van der Waals surface area contributed by atoms with Crippen LogP contribution < -0.4 is 0 Å². The van der Waals surface area contributed by atoms with Crippen LogP contribution in [0.5, 0.6) is 0 Å². The fourth-order valence-corrected chi connectivity index (χ4v) is 2.55. The molecule has 1 aliphatic rings. The van der Waals surface area contributed by atoms with Gasteiger partial charge < -0.3 is 10.0 Å². The van der Waals surface area contributed by atoms with Gasteiger partial charge in [0.15, 0.2) is 0 Å². The number of nitrogens with zero attached hydrogens (tertiary/aromatic N) is 1. The third-order valence-corrected chi connectivity index (χ3v) is 3.59. The normalized spacial score (nSPS) is 23.6. The molecule has 1 aliphatic heterocycles. The van der Waals surface area contributed by atoms with Crippen molar-refractivity contribution in [1.82, 2.24) is 4.90 Å². The van der Waals surface area contributed by atoms with Gasteiger partial charge in [-0.15, -0.1) is 0 Å². The minimum atomic E-state index is -0.314. The Balaban J connectivity index is 1.99. The minimum Gasteiger partial charge on any atom is -0.388 e. The molecule has 2 atom stereocenters. The summed E-state index contributed by atoms with van der Waals surface area (Å²) in [6.07, 6.45) is 3.03. The Morgan fingerprint density at radius 2 is 2.31 bits per heavy atom. The molecule has 1 fully saturated rings. The standard InChI is InChI=1S/C14H21NO/c1-11-5-3-6-12(9-11)14(16)10-13-7-4-8-15(13)2/h3,5-6,9,13-14,16H,4,7-8,10H2,1-2H3/t13-,14-/m1/s1. The van der Waals surface area contributed by atoms with Crippen LogP contribution in [0.4, 0.5) is 0 Å². The zero-order chi connectivity index (χ0) is 11.5. The van der Waals surface area contributed by atoms with Crippen LogP contribution in [0.3, 0.4) is 0 Å². The second-order valence-electron chi connectivity index (χ2n) is 4.94. The highest BCUT2D eigenvalue weighted by Crippen LogP contribution is 2.26. The molecule has 1 N–H and O–H groups in total. The maximum atomic E-state index is 10.2. The number of aliphatic hydroxyl groups excluding tert-OH is 1. The van der Waals surface area contributed by atoms with Gasteiger partial charge in [0.25, 0.3) is 0 Å². The summed E-state index contributed by atoms with van der Waals surface area (Å²) in [4.78, 5) is 2.36. The highest BCUT2D eigenvalue weighted by molar-refractivity contribution is 5.24. The van der Waals surface area contributed by atoms with Crippen molar-refractivity contribution in [3.05, 3.63) is 35.4 Å². The van der Waals surface area contributed by atoms with Crippen LogP contribution in [0, 0.1) is 6.92 Å². The summed E-state index contributed by atoms with van der Waals surface area (Å²) >= 11 is 0. The van der Waals surface area contributed by atoms with E-state index in [1.165, 1.54) is 24.9 Å². The number of aryl methyl sites for hydroxylation is 1. The van der Waals surface area contributed by atoms with Gasteiger partial charge in [0.05, 0.1) is 6.10 Å². The molecule has 16 heavy (non-hydrogen) atoms. The lowest BCUT2D eigenvalue weighted by atomic mass is 9.99. The Labute approximate surface area is 97.9 Å². The van der Waals surface area contributed by atoms with Crippen LogP contribution in [0.2, 0.25) is 0 Å². The second-order valence-corrected chi connectivity index (χ2v) is 4.94. The molecule has 0 radical (unpaired) electrons. The van der Waals surface area contributed by atoms with Crippen molar-refractivity contribution < 1.29 is 5.11 Å². The Morgan fingerprint density at radius 1 is 1.50 bits per heavy atom. The Hall–Kier alpha value is -0.860. The summed E-state index contributed by atoms with van der Waals surface area (Å²) in [6.45, 7) is 3.24. The molecular weight excluding hydrogens is 198 g/mol. The fourth-order valence-electron chi connectivity index (χ4n) is 2.55. The molecule has 0 aromatic heterocycles. The molecule has 0 saturated carbocycles. The number of benzene rings is 1. The third kappa shape index (κ3) is 2.63. The predicted molar refractivity (Wildman–Crippen MR) is 66.4 cm³/mol. The lowest BCUT2D eigenvalue weighted by Gasteiger charge is -2.22. The summed E-state index contributed by atoms with van der Waals surface area (Å²) in [5.41, 5.74) is 2.27. The van der Waals surface area contributed by atoms with Gasteiger partial charge >= 0.3 is 0 Å². The SMILES string of the molecule is Cc1cccc([C@H](O)C[C@H]2CCCN2C)c1. The lowest BCUT2D eigenvalue weighted by molar-refractivity contribution is 0.130. The first-order valence-electron chi connectivity index (χ1n) is 6.11. The quantitative estimate of drug-likeness (QED) is 0.844. The average Bonchev–Trinajstić information content (AvgIpc) is 2.64. The van der Waals surface area contributed by atoms with Gasteiger partial charge in [-0.1, -0.05) is 29.8 Å². The molecule has 2 rings (SSSR count). The van der Waals surface area contributed by atoms with Gasteiger partial charge in [0.1, 0.15) is 0 Å². The molecule has 0 unspecified atom stereocenters. The van der Waals surface area contributed by atoms with E-state index in [0.717, 1.165) is 12.0 Å². The molecule has 1 heterocycles. The average molecular weight is 219 g/mol. The van der Waals surface area contributed by atoms with Gasteiger partial charge in [0.2, 0.25) is 0 Å². The van der Waals surface area contributed by atoms with E-state index in [1.54, 1.807) is 0 Å². The van der Waals surface area contributed by atoms with E-state index in [2.05, 4.69) is 31.0 Å². The molecule has 2 heteroatoms. The predicted octanol–water partition coefficient (Wildman–Crippen LogP) is 2.51. The molecule has 88 valence electrons. The molecule has 0 amide bonds. The van der Waals surface area contributed by atoms with Crippen LogP contribution in [-0.4, -0.2) is 29.6 Å². The summed E-state index contributed by atoms with van der Waals surface area (Å²) in [5.74, 6) is 0. The molecule has 0 bridgehead atoms. The van der Waals surface area contributed by atoms with Crippen LogP contribution in [-0.2, 0) is 0 Å². The van der Waals surface area contributed by atoms with Crippen molar-refractivity contribution in [2.45, 2.75) is 38.3 Å². The number of aliphatic hydroxyl groups is 1. The zero-order valence-electron chi connectivity index (χ0n) is 10.2. The van der Waals surface area contributed by atoms with Crippen molar-refractivity contribution in [1.29, 1.82) is 0 Å². The Morgan fingerprint density at radius 3 is 2.94 bits per heavy atom. The first kappa shape index (κ1) is 11.6. The van der Waals surface area contributed by atoms with Gasteiger partial charge in [0, 0.05) is 6.04 Å². The summed E-state index contributed by atoms with van der Waals surface area (Å²) in [7, 11) is 2.15. The topological polar surface area (TPSA) is 23.5 Å². The molecule has 1 aromatic carbocycles. The Bertz CT molecular complexity index is 350. The molecule has 1 aromatic rings. The Kier molecular flexibility index (Phi) is 3.62. The molecule has 0 aliphatic carbocycles. The largest absolute Gasteiger partial charge is 0.388 e. The van der Waals surface area contributed by atoms with Crippen LogP contribution in [0.25, 0.3) is 0 Å². The molecule has 1 saturated heterocycles. The van der Waals surface area contributed by atoms with E-state index in [4.69, 9.17) is 0 Å². The highest BCUT2D eigenvalue weighted by Gasteiger charge is 2.24. The van der Waals surface area contributed by atoms with Crippen molar-refractivity contribution >= 4 is 0 Å². The van der Waals surface area contributed by atoms with Crippen molar-refractivity contribution in [3.63, 3.8) is 0 Å². The first-order chi connectivity index (χ1) is 7.66. The maximum Gasteiger partial charge on any atom is 0.0805 e. The van der Waals surface area contributed by atoms with Crippen molar-refractivity contribution in [2.24, 2.45) is 0 Å². The van der Waals surface area contributed by atoms with E-state index in [0.29, 0.717) is 6.04 Å². The minimum absolute atomic E-state index is 0.314. The molecular formula is C14H21NO. The van der Waals surface area contributed by atoms with Crippen molar-refractivity contribution in [2.75, 3.05) is 13.6 Å². The summed E-state index contributed by atoms with van der Waals surface area (Å²) in [6, 6.07) is 8.74. The lowest BCUT2D eigenvalue weighted by Crippen LogP contribution is -2.26. The number of hydrogen-bond acceptors (Lipinski definition) is 2. The van der Waals surface area contributed by atoms with Gasteiger partial charge in [-0.2, -0.15) is 0 Å². The first-order valence-corrected chi connectivity index (χ1v) is 6.11. The van der Waals surface area contributed by atoms with Gasteiger partial charge in [-0.25, -0.2) is 0 Å². The van der Waals surface area contributed by atoms with E-state index in [1.807, 2.05) is 12.1 Å². The van der Waals surface area contributed by atoms with Gasteiger partial charge in [-0.3, -0.25) is 0 Å². The monoisotopic (exact) mass is 219 g/mol. The summed E-state index contributed by atoms with van der Waals surface area (Å²) in [5, 5.41) is 10.2. The van der Waals surface area contributed by atoms with Gasteiger partial charge in [-0.05, 0) is 45.3 Å². The van der Waals surface area contributed by atoms with Crippen LogP contribution >= 0.6 is 0 Å². The molecule has 2 nitrogen and oxygen atoms in total. The van der Waals surface area contributed by atoms with Crippen LogP contribution in [0.1, 0.15) is 36.5 Å². The van der Waals surface area contributed by atoms with E-state index < -0.39 is 0 Å². The number of hydrogen-bond donors (Lipinski definition) is 1. The maximum absolute atomic E-state index is 10.2. The number of rotatable bonds is 3. The van der Waals surface area contributed by atoms with E-state index in [9.17, 15) is 5.11 Å². The van der Waals surface area contributed by atoms with E-state index >= 15 is 0 Å². The highest BCUT2D eigenvalue weighted by atomic mass is 16.3. The molecule has 0 spiro atoms. The zero-order valence-corrected chi connectivity index (χ0v) is 10.2. The van der Waals surface area contributed by atoms with Crippen molar-refractivity contribution in [3.8, 4) is 0 Å². The van der Waals surface area contributed by atoms with Crippen LogP contribution in [0.15, 0.2) is 24.3 Å². The number of likely N-dealkylation sites (tertiary alicyclic amines) is 1. The second kappa shape index (κ2) is 4.98. The van der Waals surface area contributed by atoms with E-state index in [-0.39, 0.29) is 6.10 Å². The summed E-state index contributed by atoms with van der Waals surface area (Å²) < 4.78 is 0. The third-order valence-electron chi connectivity index (χ3n) is 3.59. The smallest absolute Gasteiger partial charge is 0.0805 e.